The first-order valence-corrected chi connectivity index (χ1v) is 13.1. The number of rotatable bonds is 23. The summed E-state index contributed by atoms with van der Waals surface area (Å²) in [5.41, 5.74) is 0. The van der Waals surface area contributed by atoms with Gasteiger partial charge in [-0.25, -0.2) is 14.4 Å². The maximum atomic E-state index is 12.4. The third-order valence-electron chi connectivity index (χ3n) is 5.48. The van der Waals surface area contributed by atoms with Crippen molar-refractivity contribution in [2.75, 3.05) is 87.5 Å². The van der Waals surface area contributed by atoms with Gasteiger partial charge in [0.1, 0.15) is 5.78 Å². The second kappa shape index (κ2) is 23.4. The fraction of sp³-hybridized carbons (Fsp3) is 0.692. The Hall–Kier alpha value is -4.12. The van der Waals surface area contributed by atoms with Gasteiger partial charge in [-0.05, 0) is 25.9 Å². The van der Waals surface area contributed by atoms with Crippen LogP contribution in [-0.4, -0.2) is 145 Å². The standard InChI is InChI=1S/C26H40N2O15/c1-37-20(30)9-8-19(29)12-27(13-21(31)41-16-24(34)38-2)10-6-5-7-11-28(14-22(32)42-17-25(35)39-3)15-23(33)43-18-26(36)40-4/h5-18H2,1-4H3. The van der Waals surface area contributed by atoms with Crippen LogP contribution in [0.2, 0.25) is 0 Å². The molecule has 0 rings (SSSR count). The summed E-state index contributed by atoms with van der Waals surface area (Å²) >= 11 is 0. The molecule has 0 aromatic heterocycles. The summed E-state index contributed by atoms with van der Waals surface area (Å²) < 4.78 is 32.2. The fourth-order valence-corrected chi connectivity index (χ4v) is 3.23. The number of Topliss-reactive ketones (excluding diaryl/α,β-unsaturated/α-hetero) is 1. The Morgan fingerprint density at radius 3 is 1.12 bits per heavy atom. The molecule has 17 nitrogen and oxygen atoms in total. The van der Waals surface area contributed by atoms with Crippen molar-refractivity contribution in [3.05, 3.63) is 0 Å². The number of ether oxygens (including phenoxy) is 7. The van der Waals surface area contributed by atoms with Gasteiger partial charge >= 0.3 is 41.8 Å². The SMILES string of the molecule is COC(=O)CCC(=O)CN(CCCCCN(CC(=O)OCC(=O)OC)CC(=O)OCC(=O)OC)CC(=O)OCC(=O)OC. The third-order valence-corrected chi connectivity index (χ3v) is 5.48. The zero-order chi connectivity index (χ0) is 32.6. The molecule has 0 atom stereocenters. The lowest BCUT2D eigenvalue weighted by Gasteiger charge is -2.22. The first kappa shape index (κ1) is 38.9. The van der Waals surface area contributed by atoms with Gasteiger partial charge in [0, 0.05) is 6.42 Å². The molecule has 0 bridgehead atoms. The zero-order valence-electron chi connectivity index (χ0n) is 24.9. The average molecular weight is 621 g/mol. The Labute approximate surface area is 248 Å². The lowest BCUT2D eigenvalue weighted by atomic mass is 10.2. The normalized spacial score (nSPS) is 10.5. The zero-order valence-corrected chi connectivity index (χ0v) is 24.9. The number of hydrogen-bond donors (Lipinski definition) is 0. The Kier molecular flexibility index (Phi) is 21.2. The van der Waals surface area contributed by atoms with Gasteiger partial charge in [0.2, 0.25) is 0 Å². The van der Waals surface area contributed by atoms with Crippen molar-refractivity contribution in [2.45, 2.75) is 32.1 Å². The van der Waals surface area contributed by atoms with Crippen LogP contribution in [-0.2, 0) is 71.5 Å². The molecule has 0 aliphatic rings. The predicted octanol–water partition coefficient (Wildman–Crippen LogP) is -1.57. The highest BCUT2D eigenvalue weighted by Crippen LogP contribution is 2.05. The maximum absolute atomic E-state index is 12.4. The average Bonchev–Trinajstić information content (AvgIpc) is 2.99. The highest BCUT2D eigenvalue weighted by Gasteiger charge is 2.20. The van der Waals surface area contributed by atoms with Crippen LogP contribution < -0.4 is 0 Å². The molecule has 17 heteroatoms. The van der Waals surface area contributed by atoms with Crippen LogP contribution in [0, 0.1) is 0 Å². The topological polar surface area (TPSA) is 208 Å². The Morgan fingerprint density at radius 1 is 0.419 bits per heavy atom. The number of methoxy groups -OCH3 is 4. The van der Waals surface area contributed by atoms with E-state index in [4.69, 9.17) is 14.2 Å². The summed E-state index contributed by atoms with van der Waals surface area (Å²) in [4.78, 5) is 96.7. The molecule has 244 valence electrons. The van der Waals surface area contributed by atoms with Crippen LogP contribution in [0.3, 0.4) is 0 Å². The first-order valence-electron chi connectivity index (χ1n) is 13.1. The van der Waals surface area contributed by atoms with Gasteiger partial charge in [-0.1, -0.05) is 6.42 Å². The van der Waals surface area contributed by atoms with Gasteiger partial charge in [0.05, 0.1) is 61.0 Å². The van der Waals surface area contributed by atoms with Gasteiger partial charge in [-0.2, -0.15) is 0 Å². The highest BCUT2D eigenvalue weighted by molar-refractivity contribution is 5.85. The Bertz CT molecular complexity index is 811. The number of unbranched alkanes of at least 4 members (excludes halogenated alkanes) is 2. The van der Waals surface area contributed by atoms with Crippen molar-refractivity contribution in [1.29, 1.82) is 0 Å². The molecule has 0 fully saturated rings. The lowest BCUT2D eigenvalue weighted by Crippen LogP contribution is -2.38. The van der Waals surface area contributed by atoms with Crippen molar-refractivity contribution in [1.82, 2.24) is 9.80 Å². The minimum atomic E-state index is -0.798. The van der Waals surface area contributed by atoms with E-state index in [0.29, 0.717) is 19.3 Å². The molecule has 0 aliphatic heterocycles. The lowest BCUT2D eigenvalue weighted by molar-refractivity contribution is -0.160. The Morgan fingerprint density at radius 2 is 0.767 bits per heavy atom. The molecule has 0 heterocycles. The number of hydrogen-bond acceptors (Lipinski definition) is 17. The molecule has 0 N–H and O–H groups in total. The van der Waals surface area contributed by atoms with E-state index in [1.807, 2.05) is 0 Å². The second-order valence-corrected chi connectivity index (χ2v) is 8.81. The van der Waals surface area contributed by atoms with Crippen molar-refractivity contribution in [2.24, 2.45) is 0 Å². The molecule has 0 aliphatic carbocycles. The monoisotopic (exact) mass is 620 g/mol. The van der Waals surface area contributed by atoms with Crippen molar-refractivity contribution in [3.8, 4) is 0 Å². The van der Waals surface area contributed by atoms with Crippen LogP contribution in [0.1, 0.15) is 32.1 Å². The van der Waals surface area contributed by atoms with E-state index in [-0.39, 0.29) is 57.9 Å². The van der Waals surface area contributed by atoms with Crippen LogP contribution in [0.4, 0.5) is 0 Å². The molecular formula is C26H40N2O15. The number of carbonyl (C=O) groups excluding carboxylic acids is 8. The number of ketones is 1. The quantitative estimate of drug-likeness (QED) is 0.0718. The minimum absolute atomic E-state index is 0.0898. The van der Waals surface area contributed by atoms with Crippen LogP contribution in [0.5, 0.6) is 0 Å². The highest BCUT2D eigenvalue weighted by atomic mass is 16.6. The van der Waals surface area contributed by atoms with Crippen LogP contribution >= 0.6 is 0 Å². The van der Waals surface area contributed by atoms with E-state index in [2.05, 4.69) is 18.9 Å². The van der Waals surface area contributed by atoms with Gasteiger partial charge < -0.3 is 33.2 Å². The van der Waals surface area contributed by atoms with Crippen molar-refractivity contribution in [3.63, 3.8) is 0 Å². The first-order chi connectivity index (χ1) is 20.4. The number of esters is 7. The summed E-state index contributed by atoms with van der Waals surface area (Å²) in [6.45, 7) is -2.51. The molecule has 0 amide bonds. The largest absolute Gasteiger partial charge is 0.469 e. The summed E-state index contributed by atoms with van der Waals surface area (Å²) in [5.74, 6) is -5.49. The van der Waals surface area contributed by atoms with Crippen molar-refractivity contribution < 1.29 is 71.5 Å². The summed E-state index contributed by atoms with van der Waals surface area (Å²) in [6, 6.07) is 0. The van der Waals surface area contributed by atoms with E-state index < -0.39 is 61.6 Å². The molecule has 0 aromatic carbocycles. The number of carbonyl (C=O) groups is 8. The van der Waals surface area contributed by atoms with Crippen LogP contribution in [0.15, 0.2) is 0 Å². The van der Waals surface area contributed by atoms with Gasteiger partial charge in [0.15, 0.2) is 19.8 Å². The summed E-state index contributed by atoms with van der Waals surface area (Å²) in [7, 11) is 4.60. The Balaban J connectivity index is 5.05. The van der Waals surface area contributed by atoms with E-state index >= 15 is 0 Å². The molecule has 0 spiro atoms. The van der Waals surface area contributed by atoms with E-state index in [1.165, 1.54) is 16.9 Å². The van der Waals surface area contributed by atoms with E-state index in [1.54, 1.807) is 0 Å². The molecule has 43 heavy (non-hydrogen) atoms. The molecule has 0 radical (unpaired) electrons. The minimum Gasteiger partial charge on any atom is -0.469 e. The van der Waals surface area contributed by atoms with E-state index in [0.717, 1.165) is 21.3 Å². The summed E-state index contributed by atoms with van der Waals surface area (Å²) in [6.07, 6.45) is 1.24. The third kappa shape index (κ3) is 21.3. The predicted molar refractivity (Wildman–Crippen MR) is 142 cm³/mol. The molecular weight excluding hydrogens is 580 g/mol. The van der Waals surface area contributed by atoms with Crippen LogP contribution in [0.25, 0.3) is 0 Å². The van der Waals surface area contributed by atoms with E-state index in [9.17, 15) is 38.4 Å². The molecule has 0 aromatic rings. The molecule has 0 saturated carbocycles. The maximum Gasteiger partial charge on any atom is 0.344 e. The molecule has 0 unspecified atom stereocenters. The van der Waals surface area contributed by atoms with Gasteiger partial charge in [-0.15, -0.1) is 0 Å². The fourth-order valence-electron chi connectivity index (χ4n) is 3.23. The molecule has 0 saturated heterocycles. The summed E-state index contributed by atoms with van der Waals surface area (Å²) in [5, 5.41) is 0. The smallest absolute Gasteiger partial charge is 0.344 e. The number of nitrogens with zero attached hydrogens (tertiary/aromatic N) is 2. The van der Waals surface area contributed by atoms with Gasteiger partial charge in [0.25, 0.3) is 0 Å². The van der Waals surface area contributed by atoms with Gasteiger partial charge in [-0.3, -0.25) is 33.8 Å². The van der Waals surface area contributed by atoms with Crippen molar-refractivity contribution >= 4 is 47.6 Å². The second-order valence-electron chi connectivity index (χ2n) is 8.81.